The quantitative estimate of drug-likeness (QED) is 0.910. The lowest BCUT2D eigenvalue weighted by Crippen LogP contribution is -2.01. The van der Waals surface area contributed by atoms with Crippen LogP contribution in [-0.4, -0.2) is 22.7 Å². The number of carboxylic acids is 1. The maximum Gasteiger partial charge on any atom is 0.362 e. The van der Waals surface area contributed by atoms with Crippen LogP contribution in [0.4, 0.5) is 0 Å². The van der Waals surface area contributed by atoms with Crippen molar-refractivity contribution in [2.24, 2.45) is 0 Å². The normalized spacial score (nSPS) is 10.5. The van der Waals surface area contributed by atoms with Crippen molar-refractivity contribution < 1.29 is 19.1 Å². The molecule has 19 heavy (non-hydrogen) atoms. The summed E-state index contributed by atoms with van der Waals surface area (Å²) in [6, 6.07) is 5.19. The fourth-order valence-corrected chi connectivity index (χ4v) is 2.03. The molecular formula is C12H9BrClNO4. The molecule has 0 spiro atoms. The number of hydrogen-bond donors (Lipinski definition) is 1. The molecular weight excluding hydrogens is 337 g/mol. The third-order valence-corrected chi connectivity index (χ3v) is 3.55. The Balaban J connectivity index is 2.54. The third-order valence-electron chi connectivity index (χ3n) is 2.26. The van der Waals surface area contributed by atoms with Gasteiger partial charge >= 0.3 is 11.9 Å². The number of aromatic nitrogens is 1. The number of halogens is 2. The first-order valence-electron chi connectivity index (χ1n) is 5.36. The molecule has 0 aliphatic heterocycles. The van der Waals surface area contributed by atoms with Crippen LogP contribution in [-0.2, 0) is 0 Å². The van der Waals surface area contributed by atoms with Crippen molar-refractivity contribution in [1.82, 2.24) is 4.98 Å². The summed E-state index contributed by atoms with van der Waals surface area (Å²) in [5, 5.41) is 9.42. The SMILES string of the molecule is CCOc1oc(-c2cccc(Br)c2Cl)nc1C(=O)O. The minimum absolute atomic E-state index is 0.104. The predicted molar refractivity (Wildman–Crippen MR) is 72.8 cm³/mol. The fraction of sp³-hybridized carbons (Fsp3) is 0.167. The monoisotopic (exact) mass is 345 g/mol. The van der Waals surface area contributed by atoms with Crippen molar-refractivity contribution >= 4 is 33.5 Å². The van der Waals surface area contributed by atoms with Crippen molar-refractivity contribution in [3.63, 3.8) is 0 Å². The van der Waals surface area contributed by atoms with E-state index >= 15 is 0 Å². The molecule has 0 saturated heterocycles. The number of benzene rings is 1. The first-order chi connectivity index (χ1) is 9.04. The zero-order chi connectivity index (χ0) is 14.0. The Kier molecular flexibility index (Phi) is 4.11. The summed E-state index contributed by atoms with van der Waals surface area (Å²) in [4.78, 5) is 15.0. The smallest absolute Gasteiger partial charge is 0.362 e. The number of oxazole rings is 1. The zero-order valence-corrected chi connectivity index (χ0v) is 12.2. The molecule has 0 unspecified atom stereocenters. The maximum absolute atomic E-state index is 11.0. The molecule has 1 aromatic carbocycles. The van der Waals surface area contributed by atoms with E-state index in [1.807, 2.05) is 0 Å². The van der Waals surface area contributed by atoms with Crippen molar-refractivity contribution in [2.75, 3.05) is 6.61 Å². The molecule has 2 rings (SSSR count). The van der Waals surface area contributed by atoms with Gasteiger partial charge < -0.3 is 14.3 Å². The lowest BCUT2D eigenvalue weighted by atomic mass is 10.2. The molecule has 0 saturated carbocycles. The topological polar surface area (TPSA) is 72.6 Å². The summed E-state index contributed by atoms with van der Waals surface area (Å²) in [6.07, 6.45) is 0. The van der Waals surface area contributed by atoms with Crippen molar-refractivity contribution in [3.05, 3.63) is 33.4 Å². The molecule has 0 aliphatic carbocycles. The van der Waals surface area contributed by atoms with E-state index < -0.39 is 5.97 Å². The molecule has 0 aliphatic rings. The average Bonchev–Trinajstić information content (AvgIpc) is 2.77. The predicted octanol–water partition coefficient (Wildman–Crippen LogP) is 3.85. The van der Waals surface area contributed by atoms with Gasteiger partial charge in [-0.25, -0.2) is 4.79 Å². The molecule has 1 aromatic heterocycles. The number of carboxylic acid groups (broad SMARTS) is 1. The second kappa shape index (κ2) is 5.63. The minimum Gasteiger partial charge on any atom is -0.476 e. The van der Waals surface area contributed by atoms with Gasteiger partial charge in [0.05, 0.1) is 17.2 Å². The Morgan fingerprint density at radius 2 is 2.32 bits per heavy atom. The van der Waals surface area contributed by atoms with Gasteiger partial charge in [-0.05, 0) is 35.0 Å². The Labute approximate surface area is 122 Å². The van der Waals surface area contributed by atoms with Gasteiger partial charge in [-0.3, -0.25) is 0 Å². The first-order valence-corrected chi connectivity index (χ1v) is 6.53. The van der Waals surface area contributed by atoms with E-state index in [0.717, 1.165) is 0 Å². The van der Waals surface area contributed by atoms with Crippen LogP contribution in [0.1, 0.15) is 17.4 Å². The van der Waals surface area contributed by atoms with E-state index in [-0.39, 0.29) is 24.1 Å². The summed E-state index contributed by atoms with van der Waals surface area (Å²) in [7, 11) is 0. The van der Waals surface area contributed by atoms with Gasteiger partial charge in [0, 0.05) is 4.47 Å². The molecule has 0 fully saturated rings. The molecule has 7 heteroatoms. The van der Waals surface area contributed by atoms with Crippen molar-refractivity contribution in [1.29, 1.82) is 0 Å². The number of rotatable bonds is 4. The fourth-order valence-electron chi connectivity index (χ4n) is 1.45. The average molecular weight is 347 g/mol. The van der Waals surface area contributed by atoms with Crippen LogP contribution in [0.3, 0.4) is 0 Å². The molecule has 100 valence electrons. The van der Waals surface area contributed by atoms with Gasteiger partial charge in [-0.2, -0.15) is 4.98 Å². The highest BCUT2D eigenvalue weighted by molar-refractivity contribution is 9.10. The molecule has 1 heterocycles. The van der Waals surface area contributed by atoms with Crippen LogP contribution in [0.25, 0.3) is 11.5 Å². The van der Waals surface area contributed by atoms with Gasteiger partial charge in [0.15, 0.2) is 0 Å². The number of carbonyl (C=O) groups is 1. The second-order valence-electron chi connectivity index (χ2n) is 3.49. The van der Waals surface area contributed by atoms with E-state index in [1.165, 1.54) is 0 Å². The highest BCUT2D eigenvalue weighted by Gasteiger charge is 2.23. The lowest BCUT2D eigenvalue weighted by Gasteiger charge is -2.01. The Morgan fingerprint density at radius 1 is 1.58 bits per heavy atom. The van der Waals surface area contributed by atoms with Crippen LogP contribution < -0.4 is 4.74 Å². The van der Waals surface area contributed by atoms with E-state index in [0.29, 0.717) is 15.1 Å². The van der Waals surface area contributed by atoms with Crippen LogP contribution in [0.5, 0.6) is 5.95 Å². The third kappa shape index (κ3) is 2.74. The highest BCUT2D eigenvalue weighted by Crippen LogP contribution is 2.35. The molecule has 0 atom stereocenters. The minimum atomic E-state index is -1.22. The van der Waals surface area contributed by atoms with E-state index in [4.69, 9.17) is 25.9 Å². The first kappa shape index (κ1) is 13.9. The number of aromatic carboxylic acids is 1. The molecule has 0 amide bonds. The van der Waals surface area contributed by atoms with Gasteiger partial charge in [0.1, 0.15) is 0 Å². The van der Waals surface area contributed by atoms with Crippen LogP contribution in [0, 0.1) is 0 Å². The molecule has 2 aromatic rings. The molecule has 5 nitrogen and oxygen atoms in total. The van der Waals surface area contributed by atoms with Crippen molar-refractivity contribution in [3.8, 4) is 17.4 Å². The molecule has 0 radical (unpaired) electrons. The number of ether oxygens (including phenoxy) is 1. The zero-order valence-electron chi connectivity index (χ0n) is 9.81. The van der Waals surface area contributed by atoms with Gasteiger partial charge in [0.25, 0.3) is 0 Å². The van der Waals surface area contributed by atoms with Gasteiger partial charge in [-0.1, -0.05) is 17.7 Å². The lowest BCUT2D eigenvalue weighted by molar-refractivity contribution is 0.0683. The van der Waals surface area contributed by atoms with E-state index in [2.05, 4.69) is 20.9 Å². The van der Waals surface area contributed by atoms with Crippen LogP contribution in [0.15, 0.2) is 27.1 Å². The second-order valence-corrected chi connectivity index (χ2v) is 4.73. The summed E-state index contributed by atoms with van der Waals surface area (Å²) >= 11 is 9.39. The Hall–Kier alpha value is -1.53. The number of hydrogen-bond acceptors (Lipinski definition) is 4. The van der Waals surface area contributed by atoms with Gasteiger partial charge in [0.2, 0.25) is 11.6 Å². The van der Waals surface area contributed by atoms with E-state index in [9.17, 15) is 4.79 Å². The largest absolute Gasteiger partial charge is 0.476 e. The van der Waals surface area contributed by atoms with Gasteiger partial charge in [-0.15, -0.1) is 0 Å². The highest BCUT2D eigenvalue weighted by atomic mass is 79.9. The number of nitrogens with zero attached hydrogens (tertiary/aromatic N) is 1. The van der Waals surface area contributed by atoms with Crippen LogP contribution >= 0.6 is 27.5 Å². The Morgan fingerprint density at radius 3 is 2.95 bits per heavy atom. The maximum atomic E-state index is 11.0. The van der Waals surface area contributed by atoms with Crippen LogP contribution in [0.2, 0.25) is 5.02 Å². The molecule has 0 bridgehead atoms. The standard InChI is InChI=1S/C12H9BrClNO4/c1-2-18-12-9(11(16)17)15-10(19-12)6-4-3-5-7(13)8(6)14/h3-5H,2H2,1H3,(H,16,17). The summed E-state index contributed by atoms with van der Waals surface area (Å²) < 4.78 is 11.1. The van der Waals surface area contributed by atoms with Crippen molar-refractivity contribution in [2.45, 2.75) is 6.92 Å². The molecule has 1 N–H and O–H groups in total. The van der Waals surface area contributed by atoms with E-state index in [1.54, 1.807) is 25.1 Å². The summed E-state index contributed by atoms with van der Waals surface area (Å²) in [6.45, 7) is 2.00. The summed E-state index contributed by atoms with van der Waals surface area (Å²) in [5.41, 5.74) is 0.220. The summed E-state index contributed by atoms with van der Waals surface area (Å²) in [5.74, 6) is -1.24. The Bertz CT molecular complexity index is 626.